The standard InChI is InChI=1S/C11H21N3O3S/c1-3-17-6-4-5-14-18(15,16)11-7-10(8-12-2)13-9-11/h7,9,12-14H,3-6,8H2,1-2H3. The number of aromatic amines is 1. The van der Waals surface area contributed by atoms with Crippen LogP contribution in [0.3, 0.4) is 0 Å². The Hall–Kier alpha value is -0.890. The lowest BCUT2D eigenvalue weighted by Crippen LogP contribution is -2.25. The van der Waals surface area contributed by atoms with Crippen LogP contribution in [0.5, 0.6) is 0 Å². The molecule has 0 atom stereocenters. The lowest BCUT2D eigenvalue weighted by molar-refractivity contribution is 0.146. The van der Waals surface area contributed by atoms with Gasteiger partial charge < -0.3 is 15.0 Å². The molecule has 0 saturated carbocycles. The highest BCUT2D eigenvalue weighted by Crippen LogP contribution is 2.10. The first kappa shape index (κ1) is 15.2. The molecule has 1 heterocycles. The van der Waals surface area contributed by atoms with E-state index in [9.17, 15) is 8.42 Å². The average molecular weight is 275 g/mol. The summed E-state index contributed by atoms with van der Waals surface area (Å²) in [6.45, 7) is 4.12. The second kappa shape index (κ2) is 7.52. The van der Waals surface area contributed by atoms with Crippen molar-refractivity contribution in [2.75, 3.05) is 26.8 Å². The summed E-state index contributed by atoms with van der Waals surface area (Å²) in [5.74, 6) is 0. The van der Waals surface area contributed by atoms with E-state index in [0.717, 1.165) is 5.69 Å². The second-order valence-corrected chi connectivity index (χ2v) is 5.61. The van der Waals surface area contributed by atoms with Crippen molar-refractivity contribution >= 4 is 10.0 Å². The van der Waals surface area contributed by atoms with Gasteiger partial charge in [0.05, 0.1) is 4.90 Å². The van der Waals surface area contributed by atoms with Crippen molar-refractivity contribution in [3.8, 4) is 0 Å². The highest BCUT2D eigenvalue weighted by Gasteiger charge is 2.14. The third kappa shape index (κ3) is 4.77. The molecule has 0 aliphatic rings. The van der Waals surface area contributed by atoms with Gasteiger partial charge in [-0.3, -0.25) is 0 Å². The molecule has 7 heteroatoms. The Balaban J connectivity index is 2.46. The minimum absolute atomic E-state index is 0.268. The van der Waals surface area contributed by atoms with Crippen LogP contribution in [0.4, 0.5) is 0 Å². The summed E-state index contributed by atoms with van der Waals surface area (Å²) in [4.78, 5) is 3.18. The summed E-state index contributed by atoms with van der Waals surface area (Å²) in [5, 5.41) is 2.95. The van der Waals surface area contributed by atoms with E-state index >= 15 is 0 Å². The van der Waals surface area contributed by atoms with Gasteiger partial charge in [-0.1, -0.05) is 0 Å². The summed E-state index contributed by atoms with van der Waals surface area (Å²) in [5.41, 5.74) is 0.840. The molecule has 0 unspecified atom stereocenters. The van der Waals surface area contributed by atoms with E-state index in [4.69, 9.17) is 4.74 Å². The maximum absolute atomic E-state index is 11.9. The van der Waals surface area contributed by atoms with Crippen LogP contribution in [0.25, 0.3) is 0 Å². The van der Waals surface area contributed by atoms with Crippen molar-refractivity contribution in [3.05, 3.63) is 18.0 Å². The molecular weight excluding hydrogens is 254 g/mol. The van der Waals surface area contributed by atoms with Crippen molar-refractivity contribution in [2.24, 2.45) is 0 Å². The van der Waals surface area contributed by atoms with E-state index in [0.29, 0.717) is 32.7 Å². The van der Waals surface area contributed by atoms with Crippen molar-refractivity contribution in [3.63, 3.8) is 0 Å². The highest BCUT2D eigenvalue weighted by molar-refractivity contribution is 7.89. The van der Waals surface area contributed by atoms with Gasteiger partial charge in [0.1, 0.15) is 0 Å². The van der Waals surface area contributed by atoms with Crippen molar-refractivity contribution in [1.29, 1.82) is 0 Å². The summed E-state index contributed by atoms with van der Waals surface area (Å²) in [6.07, 6.45) is 2.17. The fraction of sp³-hybridized carbons (Fsp3) is 0.636. The predicted molar refractivity (Wildman–Crippen MR) is 69.9 cm³/mol. The molecule has 1 rings (SSSR count). The Kier molecular flexibility index (Phi) is 6.34. The first-order chi connectivity index (χ1) is 8.60. The smallest absolute Gasteiger partial charge is 0.242 e. The fourth-order valence-corrected chi connectivity index (χ4v) is 2.57. The average Bonchev–Trinajstić information content (AvgIpc) is 2.79. The van der Waals surface area contributed by atoms with E-state index in [1.54, 1.807) is 13.1 Å². The van der Waals surface area contributed by atoms with Crippen LogP contribution >= 0.6 is 0 Å². The van der Waals surface area contributed by atoms with Crippen LogP contribution in [-0.4, -0.2) is 40.2 Å². The molecule has 0 aliphatic carbocycles. The second-order valence-electron chi connectivity index (χ2n) is 3.84. The number of rotatable bonds is 9. The largest absolute Gasteiger partial charge is 0.382 e. The Bertz CT molecular complexity index is 442. The minimum atomic E-state index is -3.41. The lowest BCUT2D eigenvalue weighted by Gasteiger charge is -2.04. The van der Waals surface area contributed by atoms with Gasteiger partial charge in [-0.25, -0.2) is 13.1 Å². The quantitative estimate of drug-likeness (QED) is 0.571. The normalized spacial score (nSPS) is 11.9. The molecule has 0 aliphatic heterocycles. The van der Waals surface area contributed by atoms with Gasteiger partial charge in [-0.05, 0) is 26.5 Å². The monoisotopic (exact) mass is 275 g/mol. The van der Waals surface area contributed by atoms with Crippen molar-refractivity contribution in [2.45, 2.75) is 24.8 Å². The number of H-pyrrole nitrogens is 1. The molecule has 0 saturated heterocycles. The molecule has 1 aromatic rings. The highest BCUT2D eigenvalue weighted by atomic mass is 32.2. The van der Waals surface area contributed by atoms with Gasteiger partial charge in [0.2, 0.25) is 10.0 Å². The summed E-state index contributed by atoms with van der Waals surface area (Å²) >= 11 is 0. The Labute approximate surface area is 108 Å². The van der Waals surface area contributed by atoms with E-state index in [-0.39, 0.29) is 4.90 Å². The van der Waals surface area contributed by atoms with Crippen molar-refractivity contribution < 1.29 is 13.2 Å². The number of hydrogen-bond acceptors (Lipinski definition) is 4. The van der Waals surface area contributed by atoms with Crippen LogP contribution in [0.2, 0.25) is 0 Å². The third-order valence-electron chi connectivity index (χ3n) is 2.36. The van der Waals surface area contributed by atoms with E-state index in [1.165, 1.54) is 6.20 Å². The number of nitrogens with one attached hydrogen (secondary N) is 3. The van der Waals surface area contributed by atoms with Crippen LogP contribution in [-0.2, 0) is 21.3 Å². The first-order valence-electron chi connectivity index (χ1n) is 5.99. The Morgan fingerprint density at radius 2 is 2.22 bits per heavy atom. The molecule has 18 heavy (non-hydrogen) atoms. The molecule has 1 aromatic heterocycles. The molecule has 0 fully saturated rings. The van der Waals surface area contributed by atoms with Crippen LogP contribution in [0.1, 0.15) is 19.0 Å². The van der Waals surface area contributed by atoms with Gasteiger partial charge in [0.15, 0.2) is 0 Å². The number of sulfonamides is 1. The number of aromatic nitrogens is 1. The maximum atomic E-state index is 11.9. The van der Waals surface area contributed by atoms with E-state index in [1.807, 2.05) is 6.92 Å². The van der Waals surface area contributed by atoms with Crippen LogP contribution in [0.15, 0.2) is 17.2 Å². The summed E-state index contributed by atoms with van der Waals surface area (Å²) < 4.78 is 31.5. The van der Waals surface area contributed by atoms with Crippen molar-refractivity contribution in [1.82, 2.24) is 15.0 Å². The van der Waals surface area contributed by atoms with Crippen LogP contribution in [0, 0.1) is 0 Å². The van der Waals surface area contributed by atoms with Gasteiger partial charge in [-0.15, -0.1) is 0 Å². The molecule has 0 aromatic carbocycles. The van der Waals surface area contributed by atoms with Gasteiger partial charge in [0.25, 0.3) is 0 Å². The molecular formula is C11H21N3O3S. The van der Waals surface area contributed by atoms with Crippen LogP contribution < -0.4 is 10.0 Å². The van der Waals surface area contributed by atoms with E-state index < -0.39 is 10.0 Å². The molecule has 0 amide bonds. The third-order valence-corrected chi connectivity index (χ3v) is 3.80. The zero-order chi connectivity index (χ0) is 13.4. The zero-order valence-corrected chi connectivity index (χ0v) is 11.6. The lowest BCUT2D eigenvalue weighted by atomic mass is 10.4. The Morgan fingerprint density at radius 1 is 1.44 bits per heavy atom. The molecule has 6 nitrogen and oxygen atoms in total. The Morgan fingerprint density at radius 3 is 2.89 bits per heavy atom. The summed E-state index contributed by atoms with van der Waals surface area (Å²) in [6, 6.07) is 1.63. The molecule has 0 bridgehead atoms. The molecule has 3 N–H and O–H groups in total. The topological polar surface area (TPSA) is 83.2 Å². The van der Waals surface area contributed by atoms with E-state index in [2.05, 4.69) is 15.0 Å². The van der Waals surface area contributed by atoms with Gasteiger partial charge >= 0.3 is 0 Å². The predicted octanol–water partition coefficient (Wildman–Crippen LogP) is 0.439. The first-order valence-corrected chi connectivity index (χ1v) is 7.47. The molecule has 0 spiro atoms. The molecule has 104 valence electrons. The molecule has 0 radical (unpaired) electrons. The zero-order valence-electron chi connectivity index (χ0n) is 10.8. The minimum Gasteiger partial charge on any atom is -0.382 e. The van der Waals surface area contributed by atoms with Gasteiger partial charge in [0, 0.05) is 38.2 Å². The van der Waals surface area contributed by atoms with Gasteiger partial charge in [-0.2, -0.15) is 0 Å². The fourth-order valence-electron chi connectivity index (χ4n) is 1.47. The number of ether oxygens (including phenoxy) is 1. The maximum Gasteiger partial charge on any atom is 0.242 e. The SMILES string of the molecule is CCOCCCNS(=O)(=O)c1c[nH]c(CNC)c1. The number of hydrogen-bond donors (Lipinski definition) is 3. The summed E-state index contributed by atoms with van der Waals surface area (Å²) in [7, 11) is -1.60.